The number of carboxylic acids is 1. The number of methoxy groups -OCH3 is 1. The van der Waals surface area contributed by atoms with E-state index in [0.29, 0.717) is 16.8 Å². The average Bonchev–Trinajstić information content (AvgIpc) is 2.56. The third kappa shape index (κ3) is 1.61. The van der Waals surface area contributed by atoms with Crippen LogP contribution in [0.1, 0.15) is 10.4 Å². The van der Waals surface area contributed by atoms with Gasteiger partial charge in [0.25, 0.3) is 0 Å². The van der Waals surface area contributed by atoms with Gasteiger partial charge < -0.3 is 14.8 Å². The van der Waals surface area contributed by atoms with Crippen LogP contribution in [0.25, 0.3) is 11.0 Å². The number of carbonyl (C=O) groups is 1. The van der Waals surface area contributed by atoms with Crippen LogP contribution in [0.4, 0.5) is 0 Å². The maximum atomic E-state index is 10.8. The molecular formula is C9H7ClN2O3. The van der Waals surface area contributed by atoms with Crippen LogP contribution in [-0.2, 0) is 0 Å². The van der Waals surface area contributed by atoms with Gasteiger partial charge in [0.1, 0.15) is 11.3 Å². The molecule has 0 saturated heterocycles. The lowest BCUT2D eigenvalue weighted by atomic mass is 10.2. The molecule has 2 rings (SSSR count). The summed E-state index contributed by atoms with van der Waals surface area (Å²) >= 11 is 5.67. The Bertz CT molecular complexity index is 535. The fraction of sp³-hybridized carbons (Fsp3) is 0.111. The number of H-pyrrole nitrogens is 1. The largest absolute Gasteiger partial charge is 0.494 e. The molecule has 0 aliphatic carbocycles. The van der Waals surface area contributed by atoms with Crippen LogP contribution >= 0.6 is 11.6 Å². The molecule has 2 aromatic rings. The predicted octanol–water partition coefficient (Wildman–Crippen LogP) is 1.92. The van der Waals surface area contributed by atoms with Crippen molar-refractivity contribution in [3.63, 3.8) is 0 Å². The van der Waals surface area contributed by atoms with E-state index in [-0.39, 0.29) is 10.8 Å². The summed E-state index contributed by atoms with van der Waals surface area (Å²) in [4.78, 5) is 17.5. The number of rotatable bonds is 2. The smallest absolute Gasteiger partial charge is 0.335 e. The number of nitrogens with one attached hydrogen (secondary N) is 1. The molecular weight excluding hydrogens is 220 g/mol. The maximum absolute atomic E-state index is 10.8. The molecule has 78 valence electrons. The highest BCUT2D eigenvalue weighted by Crippen LogP contribution is 2.26. The number of aromatic amines is 1. The van der Waals surface area contributed by atoms with Crippen molar-refractivity contribution in [1.29, 1.82) is 0 Å². The molecule has 15 heavy (non-hydrogen) atoms. The van der Waals surface area contributed by atoms with Crippen LogP contribution in [0, 0.1) is 0 Å². The number of benzene rings is 1. The topological polar surface area (TPSA) is 75.2 Å². The van der Waals surface area contributed by atoms with Crippen molar-refractivity contribution < 1.29 is 14.6 Å². The van der Waals surface area contributed by atoms with E-state index in [1.807, 2.05) is 0 Å². The Morgan fingerprint density at radius 3 is 2.93 bits per heavy atom. The molecule has 0 amide bonds. The van der Waals surface area contributed by atoms with Crippen molar-refractivity contribution in [2.75, 3.05) is 7.11 Å². The van der Waals surface area contributed by atoms with Crippen molar-refractivity contribution in [2.24, 2.45) is 0 Å². The van der Waals surface area contributed by atoms with Gasteiger partial charge >= 0.3 is 5.97 Å². The van der Waals surface area contributed by atoms with Gasteiger partial charge in [0.2, 0.25) is 5.28 Å². The lowest BCUT2D eigenvalue weighted by Gasteiger charge is -2.01. The van der Waals surface area contributed by atoms with Gasteiger partial charge in [0, 0.05) is 0 Å². The highest BCUT2D eigenvalue weighted by Gasteiger charge is 2.12. The van der Waals surface area contributed by atoms with Gasteiger partial charge in [-0.05, 0) is 23.7 Å². The van der Waals surface area contributed by atoms with E-state index >= 15 is 0 Å². The first-order valence-electron chi connectivity index (χ1n) is 4.08. The second-order valence-corrected chi connectivity index (χ2v) is 3.27. The van der Waals surface area contributed by atoms with Gasteiger partial charge in [-0.2, -0.15) is 0 Å². The molecule has 1 heterocycles. The first kappa shape index (κ1) is 9.79. The van der Waals surface area contributed by atoms with Gasteiger partial charge in [-0.1, -0.05) is 0 Å². The van der Waals surface area contributed by atoms with E-state index in [0.717, 1.165) is 0 Å². The van der Waals surface area contributed by atoms with E-state index in [1.165, 1.54) is 19.2 Å². The molecule has 0 aliphatic rings. The minimum Gasteiger partial charge on any atom is -0.494 e. The molecule has 1 aromatic carbocycles. The van der Waals surface area contributed by atoms with Crippen molar-refractivity contribution >= 4 is 28.6 Å². The van der Waals surface area contributed by atoms with E-state index in [2.05, 4.69) is 9.97 Å². The second kappa shape index (κ2) is 3.43. The Balaban J connectivity index is 2.76. The molecule has 5 nitrogen and oxygen atoms in total. The van der Waals surface area contributed by atoms with Crippen molar-refractivity contribution in [3.8, 4) is 5.75 Å². The van der Waals surface area contributed by atoms with Crippen molar-refractivity contribution in [3.05, 3.63) is 23.0 Å². The molecule has 0 saturated carbocycles. The zero-order valence-electron chi connectivity index (χ0n) is 7.74. The first-order valence-corrected chi connectivity index (χ1v) is 4.46. The molecule has 2 N–H and O–H groups in total. The SMILES string of the molecule is COc1cc(C(=O)O)cc2[nH]c(Cl)nc12. The van der Waals surface area contributed by atoms with E-state index in [4.69, 9.17) is 21.4 Å². The predicted molar refractivity (Wildman–Crippen MR) is 54.6 cm³/mol. The number of imidazole rings is 1. The highest BCUT2D eigenvalue weighted by atomic mass is 35.5. The second-order valence-electron chi connectivity index (χ2n) is 2.91. The summed E-state index contributed by atoms with van der Waals surface area (Å²) in [6.45, 7) is 0. The minimum atomic E-state index is -1.03. The number of fused-ring (bicyclic) bond motifs is 1. The van der Waals surface area contributed by atoms with Gasteiger partial charge in [0.05, 0.1) is 18.2 Å². The summed E-state index contributed by atoms with van der Waals surface area (Å²) in [5.41, 5.74) is 1.18. The summed E-state index contributed by atoms with van der Waals surface area (Å²) in [6, 6.07) is 2.86. The summed E-state index contributed by atoms with van der Waals surface area (Å²) in [7, 11) is 1.45. The number of carboxylic acid groups (broad SMARTS) is 1. The molecule has 0 spiro atoms. The minimum absolute atomic E-state index is 0.125. The quantitative estimate of drug-likeness (QED) is 0.820. The summed E-state index contributed by atoms with van der Waals surface area (Å²) in [5, 5.41) is 9.05. The molecule has 0 unspecified atom stereocenters. The average molecular weight is 227 g/mol. The van der Waals surface area contributed by atoms with Crippen LogP contribution in [-0.4, -0.2) is 28.2 Å². The number of ether oxygens (including phenoxy) is 1. The summed E-state index contributed by atoms with van der Waals surface area (Å²) < 4.78 is 5.03. The molecule has 6 heteroatoms. The Labute approximate surface area is 89.6 Å². The number of halogens is 1. The number of hydrogen-bond donors (Lipinski definition) is 2. The van der Waals surface area contributed by atoms with Gasteiger partial charge in [-0.15, -0.1) is 0 Å². The molecule has 0 bridgehead atoms. The zero-order chi connectivity index (χ0) is 11.0. The van der Waals surface area contributed by atoms with Crippen molar-refractivity contribution in [1.82, 2.24) is 9.97 Å². The fourth-order valence-electron chi connectivity index (χ4n) is 1.33. The summed E-state index contributed by atoms with van der Waals surface area (Å²) in [5.74, 6) is -0.644. The Kier molecular flexibility index (Phi) is 2.24. The number of nitrogens with zero attached hydrogens (tertiary/aromatic N) is 1. The number of hydrogen-bond acceptors (Lipinski definition) is 3. The van der Waals surface area contributed by atoms with Crippen LogP contribution in [0.15, 0.2) is 12.1 Å². The van der Waals surface area contributed by atoms with Crippen LogP contribution in [0.2, 0.25) is 5.28 Å². The Morgan fingerprint density at radius 2 is 2.33 bits per heavy atom. The van der Waals surface area contributed by atoms with Crippen LogP contribution in [0.5, 0.6) is 5.75 Å². The monoisotopic (exact) mass is 226 g/mol. The van der Waals surface area contributed by atoms with Crippen molar-refractivity contribution in [2.45, 2.75) is 0 Å². The normalized spacial score (nSPS) is 10.5. The molecule has 0 fully saturated rings. The van der Waals surface area contributed by atoms with Gasteiger partial charge in [-0.25, -0.2) is 9.78 Å². The Hall–Kier alpha value is -1.75. The van der Waals surface area contributed by atoms with E-state index in [1.54, 1.807) is 0 Å². The number of aromatic nitrogens is 2. The van der Waals surface area contributed by atoms with Gasteiger partial charge in [-0.3, -0.25) is 0 Å². The van der Waals surface area contributed by atoms with E-state index < -0.39 is 5.97 Å². The van der Waals surface area contributed by atoms with E-state index in [9.17, 15) is 4.79 Å². The zero-order valence-corrected chi connectivity index (χ0v) is 8.50. The lowest BCUT2D eigenvalue weighted by molar-refractivity contribution is 0.0696. The Morgan fingerprint density at radius 1 is 1.60 bits per heavy atom. The third-order valence-corrected chi connectivity index (χ3v) is 2.17. The number of aromatic carboxylic acids is 1. The molecule has 0 aliphatic heterocycles. The van der Waals surface area contributed by atoms with Crippen LogP contribution < -0.4 is 4.74 Å². The summed E-state index contributed by atoms with van der Waals surface area (Å²) in [6.07, 6.45) is 0. The maximum Gasteiger partial charge on any atom is 0.335 e. The van der Waals surface area contributed by atoms with Gasteiger partial charge in [0.15, 0.2) is 0 Å². The molecule has 1 aromatic heterocycles. The third-order valence-electron chi connectivity index (χ3n) is 1.99. The lowest BCUT2D eigenvalue weighted by Crippen LogP contribution is -1.97. The standard InChI is InChI=1S/C9H7ClN2O3/c1-15-6-3-4(8(13)14)2-5-7(6)12-9(10)11-5/h2-3H,1H3,(H,11,12)(H,13,14). The van der Waals surface area contributed by atoms with Crippen LogP contribution in [0.3, 0.4) is 0 Å². The fourth-order valence-corrected chi connectivity index (χ4v) is 1.52. The molecule has 0 atom stereocenters. The molecule has 0 radical (unpaired) electrons. The highest BCUT2D eigenvalue weighted by molar-refractivity contribution is 6.29. The first-order chi connectivity index (χ1) is 7.11.